The third-order valence-electron chi connectivity index (χ3n) is 6.62. The number of aliphatic imine (C=N–C) groups is 1. The summed E-state index contributed by atoms with van der Waals surface area (Å²) < 4.78 is 53.7. The summed E-state index contributed by atoms with van der Waals surface area (Å²) >= 11 is 1.20. The number of nitrogens with zero attached hydrogens (tertiary/aromatic N) is 5. The molecule has 1 saturated heterocycles. The molecule has 46 heavy (non-hydrogen) atoms. The Kier molecular flexibility index (Phi) is 9.80. The van der Waals surface area contributed by atoms with E-state index < -0.39 is 12.4 Å². The van der Waals surface area contributed by atoms with E-state index in [0.29, 0.717) is 33.9 Å². The van der Waals surface area contributed by atoms with Gasteiger partial charge in [0.2, 0.25) is 5.91 Å². The van der Waals surface area contributed by atoms with E-state index in [9.17, 15) is 22.8 Å². The Labute approximate surface area is 266 Å². The molecule has 0 unspecified atom stereocenters. The smallest absolute Gasteiger partial charge is 0.494 e. The second-order valence-corrected chi connectivity index (χ2v) is 11.0. The number of urea groups is 1. The van der Waals surface area contributed by atoms with Gasteiger partial charge in [-0.15, -0.1) is 18.3 Å². The zero-order chi connectivity index (χ0) is 32.8. The van der Waals surface area contributed by atoms with Crippen LogP contribution >= 0.6 is 11.8 Å². The largest absolute Gasteiger partial charge is 0.573 e. The molecule has 15 heteroatoms. The van der Waals surface area contributed by atoms with Crippen molar-refractivity contribution in [1.29, 1.82) is 0 Å². The maximum Gasteiger partial charge on any atom is 0.573 e. The summed E-state index contributed by atoms with van der Waals surface area (Å²) in [6.45, 7) is 3.99. The van der Waals surface area contributed by atoms with E-state index in [1.54, 1.807) is 18.2 Å². The number of amidine groups is 1. The minimum atomic E-state index is -4.78. The number of ether oxygens (including phenoxy) is 3. The van der Waals surface area contributed by atoms with Gasteiger partial charge in [-0.2, -0.15) is 4.99 Å². The third kappa shape index (κ3) is 7.96. The lowest BCUT2D eigenvalue weighted by Gasteiger charge is -2.20. The van der Waals surface area contributed by atoms with Crippen molar-refractivity contribution in [3.8, 4) is 22.9 Å². The molecule has 0 bridgehead atoms. The van der Waals surface area contributed by atoms with Crippen molar-refractivity contribution >= 4 is 40.2 Å². The normalized spacial score (nSPS) is 14.1. The number of anilines is 2. The first kappa shape index (κ1) is 32.3. The highest BCUT2D eigenvalue weighted by atomic mass is 32.2. The standard InChI is InChI=1S/C31H29F3N6O5S/c1-4-5-20-7-6-19(2)14-25(20)40-28(41)17-46-30(40)37-29(42)36-24-13-12-23(15-26(24)43-3)44-16-27-35-18-39(38-27)21-8-10-22(11-9-21)45-31(32,33)34/h6-15,18H,4-5,16-17H2,1-3H3,(H,36,42). The summed E-state index contributed by atoms with van der Waals surface area (Å²) in [7, 11) is 1.44. The quantitative estimate of drug-likeness (QED) is 0.201. The number of aryl methyl sites for hydroxylation is 2. The Balaban J connectivity index is 1.23. The summed E-state index contributed by atoms with van der Waals surface area (Å²) in [5.41, 5.74) is 3.54. The van der Waals surface area contributed by atoms with E-state index in [1.807, 2.05) is 25.1 Å². The number of methoxy groups -OCH3 is 1. The molecule has 0 spiro atoms. The fourth-order valence-electron chi connectivity index (χ4n) is 4.58. The van der Waals surface area contributed by atoms with Crippen molar-refractivity contribution in [2.24, 2.45) is 4.99 Å². The van der Waals surface area contributed by atoms with E-state index >= 15 is 0 Å². The number of benzene rings is 3. The van der Waals surface area contributed by atoms with Gasteiger partial charge in [0.15, 0.2) is 11.0 Å². The molecule has 0 aliphatic carbocycles. The monoisotopic (exact) mass is 654 g/mol. The van der Waals surface area contributed by atoms with Crippen molar-refractivity contribution in [2.45, 2.75) is 39.7 Å². The highest BCUT2D eigenvalue weighted by Crippen LogP contribution is 2.33. The Hall–Kier alpha value is -5.05. The number of carbonyl (C=O) groups is 2. The molecule has 1 aliphatic heterocycles. The molecule has 4 aromatic rings. The molecule has 1 aliphatic rings. The van der Waals surface area contributed by atoms with E-state index in [4.69, 9.17) is 9.47 Å². The minimum absolute atomic E-state index is 0.0230. The van der Waals surface area contributed by atoms with E-state index in [-0.39, 0.29) is 24.0 Å². The lowest BCUT2D eigenvalue weighted by atomic mass is 10.0. The molecule has 3 aromatic carbocycles. The molecule has 5 rings (SSSR count). The van der Waals surface area contributed by atoms with Crippen LogP contribution in [0.25, 0.3) is 5.69 Å². The first-order chi connectivity index (χ1) is 22.0. The zero-order valence-electron chi connectivity index (χ0n) is 25.0. The number of rotatable bonds is 10. The number of carbonyl (C=O) groups excluding carboxylic acids is 2. The van der Waals surface area contributed by atoms with Gasteiger partial charge in [-0.3, -0.25) is 9.69 Å². The number of amides is 3. The molecular weight excluding hydrogens is 625 g/mol. The molecule has 1 aromatic heterocycles. The average molecular weight is 655 g/mol. The Morgan fingerprint density at radius 1 is 1.09 bits per heavy atom. The fraction of sp³-hybridized carbons (Fsp3) is 0.258. The molecule has 1 fully saturated rings. The van der Waals surface area contributed by atoms with Gasteiger partial charge in [-0.1, -0.05) is 37.2 Å². The van der Waals surface area contributed by atoms with Crippen LogP contribution in [0.2, 0.25) is 0 Å². The van der Waals surface area contributed by atoms with Gasteiger partial charge < -0.3 is 19.5 Å². The maximum absolute atomic E-state index is 13.0. The highest BCUT2D eigenvalue weighted by molar-refractivity contribution is 8.15. The topological polar surface area (TPSA) is 120 Å². The van der Waals surface area contributed by atoms with Crippen LogP contribution in [-0.4, -0.2) is 51.1 Å². The molecule has 0 atom stereocenters. The lowest BCUT2D eigenvalue weighted by molar-refractivity contribution is -0.274. The molecule has 11 nitrogen and oxygen atoms in total. The maximum atomic E-state index is 13.0. The van der Waals surface area contributed by atoms with Gasteiger partial charge in [-0.25, -0.2) is 14.5 Å². The van der Waals surface area contributed by atoms with Gasteiger partial charge in [0.1, 0.15) is 30.2 Å². The van der Waals surface area contributed by atoms with Crippen LogP contribution in [0.4, 0.5) is 29.3 Å². The van der Waals surface area contributed by atoms with Crippen molar-refractivity contribution in [2.75, 3.05) is 23.1 Å². The minimum Gasteiger partial charge on any atom is -0.494 e. The molecule has 240 valence electrons. The van der Waals surface area contributed by atoms with Crippen LogP contribution in [0.3, 0.4) is 0 Å². The number of aromatic nitrogens is 3. The van der Waals surface area contributed by atoms with Crippen LogP contribution < -0.4 is 24.4 Å². The van der Waals surface area contributed by atoms with E-state index in [1.165, 1.54) is 59.0 Å². The van der Waals surface area contributed by atoms with Gasteiger partial charge >= 0.3 is 12.4 Å². The van der Waals surface area contributed by atoms with Crippen LogP contribution in [0.15, 0.2) is 72.0 Å². The Morgan fingerprint density at radius 2 is 1.85 bits per heavy atom. The van der Waals surface area contributed by atoms with Crippen molar-refractivity contribution < 1.29 is 37.0 Å². The Bertz CT molecular complexity index is 1760. The van der Waals surface area contributed by atoms with Crippen molar-refractivity contribution in [3.63, 3.8) is 0 Å². The molecule has 0 saturated carbocycles. The summed E-state index contributed by atoms with van der Waals surface area (Å²) in [5, 5.41) is 7.29. The van der Waals surface area contributed by atoms with Gasteiger partial charge in [0, 0.05) is 6.07 Å². The number of hydrogen-bond donors (Lipinski definition) is 1. The second-order valence-electron chi connectivity index (χ2n) is 10.0. The molecule has 2 heterocycles. The van der Waals surface area contributed by atoms with Crippen LogP contribution in [0, 0.1) is 6.92 Å². The van der Waals surface area contributed by atoms with Gasteiger partial charge in [0.25, 0.3) is 0 Å². The number of hydrogen-bond acceptors (Lipinski definition) is 8. The molecule has 3 amide bonds. The fourth-order valence-corrected chi connectivity index (χ4v) is 5.43. The number of nitrogens with one attached hydrogen (secondary N) is 1. The van der Waals surface area contributed by atoms with Crippen molar-refractivity contribution in [1.82, 2.24) is 14.8 Å². The summed E-state index contributed by atoms with van der Waals surface area (Å²) in [6.07, 6.45) is -1.69. The van der Waals surface area contributed by atoms with E-state index in [2.05, 4.69) is 32.1 Å². The number of halogens is 3. The summed E-state index contributed by atoms with van der Waals surface area (Å²) in [5.74, 6) is 0.701. The molecular formula is C31H29F3N6O5S. The zero-order valence-corrected chi connectivity index (χ0v) is 25.8. The predicted molar refractivity (Wildman–Crippen MR) is 167 cm³/mol. The van der Waals surface area contributed by atoms with Crippen molar-refractivity contribution in [3.05, 3.63) is 83.9 Å². The summed E-state index contributed by atoms with van der Waals surface area (Å²) in [6, 6.07) is 15.2. The van der Waals surface area contributed by atoms with Crippen LogP contribution in [-0.2, 0) is 17.8 Å². The summed E-state index contributed by atoms with van der Waals surface area (Å²) in [4.78, 5) is 35.7. The predicted octanol–water partition coefficient (Wildman–Crippen LogP) is 6.68. The SMILES string of the molecule is CCCc1ccc(C)cc1N1C(=O)CSC1=NC(=O)Nc1ccc(OCc2ncn(-c3ccc(OC(F)(F)F)cc3)n2)cc1OC. The third-order valence-corrected chi connectivity index (χ3v) is 7.54. The molecule has 1 N–H and O–H groups in total. The van der Waals surface area contributed by atoms with E-state index in [0.717, 1.165) is 29.7 Å². The lowest BCUT2D eigenvalue weighted by Crippen LogP contribution is -2.31. The first-order valence-electron chi connectivity index (χ1n) is 14.1. The first-order valence-corrected chi connectivity index (χ1v) is 15.0. The number of thioether (sulfide) groups is 1. The highest BCUT2D eigenvalue weighted by Gasteiger charge is 2.32. The number of alkyl halides is 3. The average Bonchev–Trinajstić information content (AvgIpc) is 3.63. The second kappa shape index (κ2) is 13.9. The molecule has 0 radical (unpaired) electrons. The van der Waals surface area contributed by atoms with Crippen LogP contribution in [0.1, 0.15) is 30.3 Å². The Morgan fingerprint density at radius 3 is 2.57 bits per heavy atom. The van der Waals surface area contributed by atoms with Gasteiger partial charge in [-0.05, 0) is 66.9 Å². The van der Waals surface area contributed by atoms with Gasteiger partial charge in [0.05, 0.1) is 29.9 Å². The van der Waals surface area contributed by atoms with Crippen LogP contribution in [0.5, 0.6) is 17.2 Å².